The first-order chi connectivity index (χ1) is 16.2. The van der Waals surface area contributed by atoms with Crippen molar-refractivity contribution < 1.29 is 13.2 Å². The Kier molecular flexibility index (Phi) is 6.16. The van der Waals surface area contributed by atoms with Crippen LogP contribution in [0.3, 0.4) is 0 Å². The normalized spacial score (nSPS) is 15.9. The van der Waals surface area contributed by atoms with Gasteiger partial charge in [-0.3, -0.25) is 14.3 Å². The molecule has 178 valence electrons. The smallest absolute Gasteiger partial charge is 0.261 e. The summed E-state index contributed by atoms with van der Waals surface area (Å²) in [5.41, 5.74) is 0.130. The third-order valence-corrected chi connectivity index (χ3v) is 8.06. The molecule has 1 aliphatic heterocycles. The first-order valence-corrected chi connectivity index (χ1v) is 12.1. The highest BCUT2D eigenvalue weighted by molar-refractivity contribution is 7.89. The van der Waals surface area contributed by atoms with E-state index in [1.54, 1.807) is 27.8 Å². The van der Waals surface area contributed by atoms with Gasteiger partial charge in [0.25, 0.3) is 5.56 Å². The molecule has 12 heteroatoms. The first-order valence-electron chi connectivity index (χ1n) is 10.7. The first kappa shape index (κ1) is 23.5. The van der Waals surface area contributed by atoms with Crippen LogP contribution in [0.4, 0.5) is 11.5 Å². The van der Waals surface area contributed by atoms with E-state index >= 15 is 0 Å². The number of likely N-dealkylation sites (tertiary alicyclic amines) is 1. The molecule has 0 unspecified atom stereocenters. The number of piperidine rings is 1. The van der Waals surface area contributed by atoms with Crippen LogP contribution < -0.4 is 10.9 Å². The van der Waals surface area contributed by atoms with Gasteiger partial charge in [-0.05, 0) is 43.2 Å². The molecule has 1 amide bonds. The quantitative estimate of drug-likeness (QED) is 0.486. The van der Waals surface area contributed by atoms with Crippen LogP contribution in [0.25, 0.3) is 10.9 Å². The molecule has 1 fully saturated rings. The zero-order chi connectivity index (χ0) is 24.5. The summed E-state index contributed by atoms with van der Waals surface area (Å²) in [7, 11) is -0.645. The number of nitrogens with zero attached hydrogens (tertiary/aromatic N) is 5. The lowest BCUT2D eigenvalue weighted by molar-refractivity contribution is -0.120. The lowest BCUT2D eigenvalue weighted by Crippen LogP contribution is -2.46. The van der Waals surface area contributed by atoms with Gasteiger partial charge in [-0.1, -0.05) is 0 Å². The van der Waals surface area contributed by atoms with Gasteiger partial charge in [-0.25, -0.2) is 12.7 Å². The lowest BCUT2D eigenvalue weighted by Gasteiger charge is -2.39. The van der Waals surface area contributed by atoms with Gasteiger partial charge in [0.05, 0.1) is 28.4 Å². The zero-order valence-electron chi connectivity index (χ0n) is 18.9. The Bertz CT molecular complexity index is 1410. The Morgan fingerprint density at radius 2 is 1.91 bits per heavy atom. The van der Waals surface area contributed by atoms with E-state index < -0.39 is 15.6 Å². The van der Waals surface area contributed by atoms with Crippen LogP contribution in [0.5, 0.6) is 0 Å². The number of aromatic nitrogens is 3. The largest absolute Gasteiger partial charge is 0.345 e. The molecule has 1 aliphatic rings. The van der Waals surface area contributed by atoms with E-state index in [0.29, 0.717) is 48.3 Å². The van der Waals surface area contributed by atoms with Gasteiger partial charge in [-0.2, -0.15) is 10.4 Å². The maximum Gasteiger partial charge on any atom is 0.261 e. The van der Waals surface area contributed by atoms with E-state index in [2.05, 4.69) is 16.4 Å². The fourth-order valence-electron chi connectivity index (χ4n) is 4.24. The maximum atomic E-state index is 12.8. The molecule has 2 N–H and O–H groups in total. The van der Waals surface area contributed by atoms with Crippen molar-refractivity contribution in [2.45, 2.75) is 29.7 Å². The van der Waals surface area contributed by atoms with Gasteiger partial charge >= 0.3 is 0 Å². The number of H-pyrrole nitrogens is 1. The summed E-state index contributed by atoms with van der Waals surface area (Å²) < 4.78 is 27.5. The molecule has 34 heavy (non-hydrogen) atoms. The molecule has 11 nitrogen and oxygen atoms in total. The number of pyridine rings is 1. The number of rotatable bonds is 7. The van der Waals surface area contributed by atoms with Gasteiger partial charge in [0.1, 0.15) is 5.39 Å². The van der Waals surface area contributed by atoms with Gasteiger partial charge in [0, 0.05) is 39.1 Å². The lowest BCUT2D eigenvalue weighted by atomic mass is 9.85. The Labute approximate surface area is 196 Å². The molecule has 4 rings (SSSR count). The summed E-state index contributed by atoms with van der Waals surface area (Å²) >= 11 is 0. The number of sulfonamides is 1. The van der Waals surface area contributed by atoms with Gasteiger partial charge in [-0.15, -0.1) is 0 Å². The van der Waals surface area contributed by atoms with Crippen LogP contribution in [0, 0.1) is 11.3 Å². The van der Waals surface area contributed by atoms with Crippen LogP contribution >= 0.6 is 0 Å². The van der Waals surface area contributed by atoms with Crippen molar-refractivity contribution in [1.29, 1.82) is 5.26 Å². The number of hydrogen-bond donors (Lipinski definition) is 2. The Morgan fingerprint density at radius 3 is 2.50 bits per heavy atom. The summed E-state index contributed by atoms with van der Waals surface area (Å²) in [6.45, 7) is 0.973. The van der Waals surface area contributed by atoms with Gasteiger partial charge < -0.3 is 15.2 Å². The second kappa shape index (κ2) is 8.92. The molecule has 2 aromatic heterocycles. The third-order valence-electron chi connectivity index (χ3n) is 6.23. The fraction of sp³-hybridized carbons (Fsp3) is 0.364. The molecular weight excluding hydrogens is 458 g/mol. The number of nitrogens with one attached hydrogen (secondary N) is 2. The number of benzene rings is 1. The highest BCUT2D eigenvalue weighted by atomic mass is 32.2. The molecule has 0 bridgehead atoms. The van der Waals surface area contributed by atoms with Crippen molar-refractivity contribution in [1.82, 2.24) is 24.0 Å². The van der Waals surface area contributed by atoms with Crippen LogP contribution in [0.2, 0.25) is 0 Å². The topological polar surface area (TPSA) is 144 Å². The second-order valence-electron chi connectivity index (χ2n) is 8.46. The molecular formula is C22H25N7O4S. The summed E-state index contributed by atoms with van der Waals surface area (Å²) in [5, 5.41) is 17.7. The molecule has 0 spiro atoms. The number of aromatic amines is 1. The molecule has 3 heterocycles. The van der Waals surface area contributed by atoms with Crippen molar-refractivity contribution in [2.75, 3.05) is 32.5 Å². The average Bonchev–Trinajstić information content (AvgIpc) is 3.20. The van der Waals surface area contributed by atoms with Crippen LogP contribution in [-0.2, 0) is 20.4 Å². The molecule has 0 atom stereocenters. The Hall–Kier alpha value is -3.69. The zero-order valence-corrected chi connectivity index (χ0v) is 19.7. The Balaban J connectivity index is 1.76. The van der Waals surface area contributed by atoms with Gasteiger partial charge in [0.15, 0.2) is 5.82 Å². The predicted molar refractivity (Wildman–Crippen MR) is 126 cm³/mol. The summed E-state index contributed by atoms with van der Waals surface area (Å²) in [4.78, 5) is 28.4. The predicted octanol–water partition coefficient (Wildman–Crippen LogP) is 1.58. The average molecular weight is 484 g/mol. The molecule has 1 aromatic carbocycles. The van der Waals surface area contributed by atoms with E-state index in [1.165, 1.54) is 32.4 Å². The number of fused-ring (bicyclic) bond motifs is 1. The number of hydrogen-bond acceptors (Lipinski definition) is 7. The fourth-order valence-corrected chi connectivity index (χ4v) is 5.14. The van der Waals surface area contributed by atoms with E-state index in [-0.39, 0.29) is 16.9 Å². The van der Waals surface area contributed by atoms with E-state index in [4.69, 9.17) is 5.10 Å². The van der Waals surface area contributed by atoms with Crippen LogP contribution in [0.15, 0.2) is 46.2 Å². The second-order valence-corrected chi connectivity index (χ2v) is 10.6. The minimum atomic E-state index is -3.57. The highest BCUT2D eigenvalue weighted by Crippen LogP contribution is 2.37. The standard InChI is InChI=1S/C22H25N7O4S/c1-27(2)34(32,33)17-5-3-16(4-6-17)25-20-19-18(7-12-24-21(19)31)29(26-20)22(8-11-23)9-13-28(15-30)14-10-22/h3-7,12,15H,8-10,13-14H2,1-2H3,(H,24,31)(H,25,26). The maximum absolute atomic E-state index is 12.8. The van der Waals surface area contributed by atoms with Crippen LogP contribution in [0.1, 0.15) is 19.3 Å². The van der Waals surface area contributed by atoms with Crippen molar-refractivity contribution in [2.24, 2.45) is 0 Å². The molecule has 0 radical (unpaired) electrons. The Morgan fingerprint density at radius 1 is 1.24 bits per heavy atom. The highest BCUT2D eigenvalue weighted by Gasteiger charge is 2.39. The SMILES string of the molecule is CN(C)S(=O)(=O)c1ccc(Nc2nn(C3(CC#N)CCN(C=O)CC3)c3cc[nH]c(=O)c23)cc1. The van der Waals surface area contributed by atoms with Gasteiger partial charge in [0.2, 0.25) is 16.4 Å². The minimum Gasteiger partial charge on any atom is -0.345 e. The van der Waals surface area contributed by atoms with E-state index in [0.717, 1.165) is 10.7 Å². The minimum absolute atomic E-state index is 0.145. The number of carbonyl (C=O) groups excluding carboxylic acids is 1. The monoisotopic (exact) mass is 483 g/mol. The summed E-state index contributed by atoms with van der Waals surface area (Å²) in [5.74, 6) is 0.301. The van der Waals surface area contributed by atoms with Crippen molar-refractivity contribution in [3.63, 3.8) is 0 Å². The van der Waals surface area contributed by atoms with Crippen molar-refractivity contribution in [3.8, 4) is 6.07 Å². The third kappa shape index (κ3) is 4.04. The van der Waals surface area contributed by atoms with E-state index in [9.17, 15) is 23.3 Å². The molecule has 3 aromatic rings. The number of anilines is 2. The number of carbonyl (C=O) groups is 1. The number of nitriles is 1. The molecule has 0 aliphatic carbocycles. The van der Waals surface area contributed by atoms with E-state index in [1.807, 2.05) is 0 Å². The molecule has 1 saturated heterocycles. The molecule has 0 saturated carbocycles. The van der Waals surface area contributed by atoms with Crippen molar-refractivity contribution in [3.05, 3.63) is 46.9 Å². The number of amides is 1. The summed E-state index contributed by atoms with van der Waals surface area (Å²) in [6.07, 6.45) is 3.57. The van der Waals surface area contributed by atoms with Crippen molar-refractivity contribution >= 4 is 38.8 Å². The summed E-state index contributed by atoms with van der Waals surface area (Å²) in [6, 6.07) is 10.2. The van der Waals surface area contributed by atoms with Crippen LogP contribution in [-0.4, -0.2) is 66.0 Å².